The molecule has 1 heterocycles. The minimum absolute atomic E-state index is 0.101. The zero-order valence-corrected chi connectivity index (χ0v) is 16.5. The van der Waals surface area contributed by atoms with Gasteiger partial charge in [0.25, 0.3) is 0 Å². The summed E-state index contributed by atoms with van der Waals surface area (Å²) < 4.78 is 30.1. The molecule has 2 rings (SSSR count). The van der Waals surface area contributed by atoms with Gasteiger partial charge >= 0.3 is 0 Å². The lowest BCUT2D eigenvalue weighted by Crippen LogP contribution is -2.31. The largest absolute Gasteiger partial charge is 0.423 e. The Labute approximate surface area is 158 Å². The Morgan fingerprint density at radius 2 is 2.04 bits per heavy atom. The first-order valence-electron chi connectivity index (χ1n) is 8.25. The SMILES string of the molecule is Cc1nnc(C(CC(C)C)NC(=O)CCS(=O)(=O)c2cccc(Cl)c2)o1. The van der Waals surface area contributed by atoms with E-state index in [1.54, 1.807) is 19.1 Å². The van der Waals surface area contributed by atoms with Gasteiger partial charge in [-0.05, 0) is 30.5 Å². The first-order valence-corrected chi connectivity index (χ1v) is 10.3. The Morgan fingerprint density at radius 1 is 1.31 bits per heavy atom. The Balaban J connectivity index is 2.01. The molecule has 0 radical (unpaired) electrons. The Morgan fingerprint density at radius 3 is 2.62 bits per heavy atom. The third-order valence-corrected chi connectivity index (χ3v) is 5.58. The van der Waals surface area contributed by atoms with Crippen molar-refractivity contribution in [1.29, 1.82) is 0 Å². The number of nitrogens with one attached hydrogen (secondary N) is 1. The third kappa shape index (κ3) is 5.81. The topological polar surface area (TPSA) is 102 Å². The van der Waals surface area contributed by atoms with Crippen molar-refractivity contribution in [3.63, 3.8) is 0 Å². The second kappa shape index (κ2) is 8.64. The fourth-order valence-electron chi connectivity index (χ4n) is 2.42. The van der Waals surface area contributed by atoms with Crippen LogP contribution in [0.5, 0.6) is 0 Å². The summed E-state index contributed by atoms with van der Waals surface area (Å²) in [6.07, 6.45) is 0.435. The van der Waals surface area contributed by atoms with E-state index in [0.717, 1.165) is 0 Å². The molecule has 0 aliphatic heterocycles. The Hall–Kier alpha value is -1.93. The average Bonchev–Trinajstić information content (AvgIpc) is 2.98. The van der Waals surface area contributed by atoms with Crippen LogP contribution in [-0.4, -0.2) is 30.3 Å². The maximum Gasteiger partial charge on any atom is 0.238 e. The maximum absolute atomic E-state index is 12.3. The van der Waals surface area contributed by atoms with Crippen molar-refractivity contribution in [2.45, 2.75) is 44.6 Å². The molecule has 1 aromatic heterocycles. The first-order chi connectivity index (χ1) is 12.2. The van der Waals surface area contributed by atoms with Gasteiger partial charge in [-0.1, -0.05) is 31.5 Å². The van der Waals surface area contributed by atoms with Gasteiger partial charge in [0.15, 0.2) is 9.84 Å². The average molecular weight is 400 g/mol. The summed E-state index contributed by atoms with van der Waals surface area (Å²) in [6, 6.07) is 5.54. The van der Waals surface area contributed by atoms with E-state index in [1.165, 1.54) is 12.1 Å². The lowest BCUT2D eigenvalue weighted by molar-refractivity contribution is -0.121. The van der Waals surface area contributed by atoms with E-state index in [-0.39, 0.29) is 23.0 Å². The van der Waals surface area contributed by atoms with Crippen LogP contribution in [-0.2, 0) is 14.6 Å². The highest BCUT2D eigenvalue weighted by atomic mass is 35.5. The second-order valence-electron chi connectivity index (χ2n) is 6.44. The molecule has 0 aliphatic carbocycles. The number of aryl methyl sites for hydroxylation is 1. The van der Waals surface area contributed by atoms with Crippen molar-refractivity contribution in [3.05, 3.63) is 41.1 Å². The number of nitrogens with zero attached hydrogens (tertiary/aromatic N) is 2. The summed E-state index contributed by atoms with van der Waals surface area (Å²) in [4.78, 5) is 12.4. The fraction of sp³-hybridized carbons (Fsp3) is 0.471. The highest BCUT2D eigenvalue weighted by Crippen LogP contribution is 2.21. The van der Waals surface area contributed by atoms with E-state index < -0.39 is 21.8 Å². The van der Waals surface area contributed by atoms with Gasteiger partial charge in [-0.25, -0.2) is 8.42 Å². The minimum Gasteiger partial charge on any atom is -0.423 e. The molecular formula is C17H22ClN3O4S. The molecule has 0 saturated carbocycles. The summed E-state index contributed by atoms with van der Waals surface area (Å²) >= 11 is 5.83. The van der Waals surface area contributed by atoms with Crippen molar-refractivity contribution in [2.75, 3.05) is 5.75 Å². The summed E-state index contributed by atoms with van der Waals surface area (Å²) in [5, 5.41) is 10.9. The Kier molecular flexibility index (Phi) is 6.77. The summed E-state index contributed by atoms with van der Waals surface area (Å²) in [6.45, 7) is 5.68. The summed E-state index contributed by atoms with van der Waals surface area (Å²) in [5.74, 6) is 0.310. The molecule has 142 valence electrons. The van der Waals surface area contributed by atoms with Crippen LogP contribution in [0.1, 0.15) is 44.5 Å². The second-order valence-corrected chi connectivity index (χ2v) is 8.98. The van der Waals surface area contributed by atoms with Crippen LogP contribution in [0, 0.1) is 12.8 Å². The molecule has 26 heavy (non-hydrogen) atoms. The van der Waals surface area contributed by atoms with Crippen molar-refractivity contribution in [1.82, 2.24) is 15.5 Å². The number of carbonyl (C=O) groups is 1. The van der Waals surface area contributed by atoms with Crippen LogP contribution < -0.4 is 5.32 Å². The standard InChI is InChI=1S/C17H22ClN3O4S/c1-11(2)9-15(17-21-20-12(3)25-17)19-16(22)7-8-26(23,24)14-6-4-5-13(18)10-14/h4-6,10-11,15H,7-9H2,1-3H3,(H,19,22). The zero-order chi connectivity index (χ0) is 19.3. The number of benzene rings is 1. The lowest BCUT2D eigenvalue weighted by Gasteiger charge is -2.17. The van der Waals surface area contributed by atoms with Gasteiger partial charge in [0.1, 0.15) is 6.04 Å². The van der Waals surface area contributed by atoms with E-state index >= 15 is 0 Å². The van der Waals surface area contributed by atoms with Gasteiger partial charge in [0.2, 0.25) is 17.7 Å². The maximum atomic E-state index is 12.3. The smallest absolute Gasteiger partial charge is 0.238 e. The molecule has 7 nitrogen and oxygen atoms in total. The molecule has 1 aromatic carbocycles. The first kappa shape index (κ1) is 20.4. The van der Waals surface area contributed by atoms with Gasteiger partial charge in [-0.2, -0.15) is 0 Å². The van der Waals surface area contributed by atoms with Gasteiger partial charge < -0.3 is 9.73 Å². The summed E-state index contributed by atoms with van der Waals surface area (Å²) in [5.41, 5.74) is 0. The van der Waals surface area contributed by atoms with E-state index in [1.807, 2.05) is 13.8 Å². The van der Waals surface area contributed by atoms with Crippen molar-refractivity contribution in [2.24, 2.45) is 5.92 Å². The van der Waals surface area contributed by atoms with Gasteiger partial charge in [-0.15, -0.1) is 10.2 Å². The lowest BCUT2D eigenvalue weighted by atomic mass is 10.0. The number of amides is 1. The van der Waals surface area contributed by atoms with Gasteiger partial charge in [0, 0.05) is 18.4 Å². The van der Waals surface area contributed by atoms with Gasteiger partial charge in [-0.3, -0.25) is 4.79 Å². The minimum atomic E-state index is -3.59. The van der Waals surface area contributed by atoms with Crippen LogP contribution in [0.4, 0.5) is 0 Å². The van der Waals surface area contributed by atoms with Crippen LogP contribution in [0.15, 0.2) is 33.6 Å². The van der Waals surface area contributed by atoms with Gasteiger partial charge in [0.05, 0.1) is 10.6 Å². The monoisotopic (exact) mass is 399 g/mol. The van der Waals surface area contributed by atoms with E-state index in [0.29, 0.717) is 23.2 Å². The van der Waals surface area contributed by atoms with Crippen LogP contribution in [0.2, 0.25) is 5.02 Å². The van der Waals surface area contributed by atoms with E-state index in [9.17, 15) is 13.2 Å². The molecule has 0 saturated heterocycles. The highest BCUT2D eigenvalue weighted by molar-refractivity contribution is 7.91. The van der Waals surface area contributed by atoms with Crippen molar-refractivity contribution in [3.8, 4) is 0 Å². The molecule has 2 aromatic rings. The summed E-state index contributed by atoms with van der Waals surface area (Å²) in [7, 11) is -3.59. The number of hydrogen-bond donors (Lipinski definition) is 1. The van der Waals surface area contributed by atoms with E-state index in [2.05, 4.69) is 15.5 Å². The van der Waals surface area contributed by atoms with Crippen molar-refractivity contribution < 1.29 is 17.6 Å². The molecular weight excluding hydrogens is 378 g/mol. The molecule has 0 spiro atoms. The van der Waals surface area contributed by atoms with Crippen LogP contribution in [0.25, 0.3) is 0 Å². The zero-order valence-electron chi connectivity index (χ0n) is 14.9. The predicted molar refractivity (Wildman–Crippen MR) is 97.5 cm³/mol. The quantitative estimate of drug-likeness (QED) is 0.731. The predicted octanol–water partition coefficient (Wildman–Crippen LogP) is 3.10. The molecule has 1 N–H and O–H groups in total. The number of aromatic nitrogens is 2. The molecule has 0 fully saturated rings. The normalized spacial score (nSPS) is 13.0. The number of halogens is 1. The molecule has 0 aliphatic rings. The number of rotatable bonds is 8. The number of carbonyl (C=O) groups excluding carboxylic acids is 1. The third-order valence-electron chi connectivity index (χ3n) is 3.64. The van der Waals surface area contributed by atoms with Crippen molar-refractivity contribution >= 4 is 27.3 Å². The molecule has 9 heteroatoms. The van der Waals surface area contributed by atoms with Crippen LogP contribution in [0.3, 0.4) is 0 Å². The Bertz CT molecular complexity index is 864. The molecule has 0 bridgehead atoms. The molecule has 1 unspecified atom stereocenters. The molecule has 1 amide bonds. The number of sulfone groups is 1. The van der Waals surface area contributed by atoms with E-state index in [4.69, 9.17) is 16.0 Å². The number of hydrogen-bond acceptors (Lipinski definition) is 6. The highest BCUT2D eigenvalue weighted by Gasteiger charge is 2.23. The fourth-order valence-corrected chi connectivity index (χ4v) is 3.95. The molecule has 1 atom stereocenters. The van der Waals surface area contributed by atoms with Crippen LogP contribution >= 0.6 is 11.6 Å².